The van der Waals surface area contributed by atoms with Gasteiger partial charge in [-0.15, -0.1) is 0 Å². The Bertz CT molecular complexity index is 949. The summed E-state index contributed by atoms with van der Waals surface area (Å²) in [4.78, 5) is 54.2. The predicted octanol–water partition coefficient (Wildman–Crippen LogP) is 1.30. The average Bonchev–Trinajstić information content (AvgIpc) is 3.09. The van der Waals surface area contributed by atoms with Crippen molar-refractivity contribution in [2.75, 3.05) is 39.8 Å². The lowest BCUT2D eigenvalue weighted by atomic mass is 9.77. The SMILES string of the molecule is COc1ccc(CCC(=O)N2CCN(CC(=O)NN3C(=O)NC4(CCC(C)CC4)C3=O)CC2)cc1. The molecule has 35 heavy (non-hydrogen) atoms. The van der Waals surface area contributed by atoms with E-state index < -0.39 is 17.5 Å². The fourth-order valence-electron chi connectivity index (χ4n) is 5.04. The van der Waals surface area contributed by atoms with Gasteiger partial charge in [0.05, 0.1) is 13.7 Å². The number of rotatable bonds is 7. The molecule has 2 N–H and O–H groups in total. The van der Waals surface area contributed by atoms with Crippen LogP contribution in [0.15, 0.2) is 24.3 Å². The van der Waals surface area contributed by atoms with E-state index in [9.17, 15) is 19.2 Å². The molecule has 2 heterocycles. The van der Waals surface area contributed by atoms with E-state index in [-0.39, 0.29) is 18.4 Å². The first kappa shape index (κ1) is 25.0. The summed E-state index contributed by atoms with van der Waals surface area (Å²) in [6.07, 6.45) is 4.03. The molecule has 1 aliphatic carbocycles. The van der Waals surface area contributed by atoms with E-state index in [1.165, 1.54) is 0 Å². The number of carbonyl (C=O) groups is 4. The lowest BCUT2D eigenvalue weighted by Crippen LogP contribution is -2.55. The summed E-state index contributed by atoms with van der Waals surface area (Å²) < 4.78 is 5.16. The molecule has 3 aliphatic rings. The number of methoxy groups -OCH3 is 1. The number of aryl methyl sites for hydroxylation is 1. The number of carbonyl (C=O) groups excluding carboxylic acids is 4. The average molecular weight is 486 g/mol. The molecule has 190 valence electrons. The van der Waals surface area contributed by atoms with E-state index in [1.807, 2.05) is 34.1 Å². The third kappa shape index (κ3) is 5.75. The molecule has 0 aromatic heterocycles. The summed E-state index contributed by atoms with van der Waals surface area (Å²) >= 11 is 0. The fraction of sp³-hybridized carbons (Fsp3) is 0.600. The summed E-state index contributed by atoms with van der Waals surface area (Å²) in [5, 5.41) is 3.65. The van der Waals surface area contributed by atoms with Gasteiger partial charge in [0.2, 0.25) is 5.91 Å². The molecular formula is C25H35N5O5. The van der Waals surface area contributed by atoms with Crippen LogP contribution in [0.1, 0.15) is 44.6 Å². The van der Waals surface area contributed by atoms with Gasteiger partial charge in [0.15, 0.2) is 0 Å². The van der Waals surface area contributed by atoms with Gasteiger partial charge in [0.25, 0.3) is 11.8 Å². The van der Waals surface area contributed by atoms with Gasteiger partial charge >= 0.3 is 6.03 Å². The Morgan fingerprint density at radius 1 is 1.09 bits per heavy atom. The first-order chi connectivity index (χ1) is 16.8. The molecule has 10 nitrogen and oxygen atoms in total. The summed E-state index contributed by atoms with van der Waals surface area (Å²) in [7, 11) is 1.62. The smallest absolute Gasteiger partial charge is 0.344 e. The zero-order chi connectivity index (χ0) is 25.0. The van der Waals surface area contributed by atoms with Gasteiger partial charge in [-0.1, -0.05) is 19.1 Å². The number of piperazine rings is 1. The van der Waals surface area contributed by atoms with Crippen LogP contribution in [0.3, 0.4) is 0 Å². The topological polar surface area (TPSA) is 111 Å². The summed E-state index contributed by atoms with van der Waals surface area (Å²) in [5.74, 6) is 0.639. The zero-order valence-corrected chi connectivity index (χ0v) is 20.5. The van der Waals surface area contributed by atoms with Gasteiger partial charge in [-0.3, -0.25) is 24.7 Å². The second-order valence-corrected chi connectivity index (χ2v) is 9.88. The molecule has 2 aliphatic heterocycles. The number of nitrogens with zero attached hydrogens (tertiary/aromatic N) is 3. The summed E-state index contributed by atoms with van der Waals surface area (Å²) in [5.41, 5.74) is 2.69. The molecule has 0 atom stereocenters. The highest BCUT2D eigenvalue weighted by atomic mass is 16.5. The van der Waals surface area contributed by atoms with E-state index in [4.69, 9.17) is 4.74 Å². The summed E-state index contributed by atoms with van der Waals surface area (Å²) in [6, 6.07) is 7.14. The van der Waals surface area contributed by atoms with Crippen molar-refractivity contribution in [3.05, 3.63) is 29.8 Å². The van der Waals surface area contributed by atoms with Gasteiger partial charge in [-0.25, -0.2) is 4.79 Å². The van der Waals surface area contributed by atoms with E-state index in [2.05, 4.69) is 17.7 Å². The molecule has 10 heteroatoms. The van der Waals surface area contributed by atoms with Crippen LogP contribution in [-0.4, -0.2) is 83.9 Å². The maximum absolute atomic E-state index is 12.9. The molecular weight excluding hydrogens is 450 g/mol. The number of hydrogen-bond acceptors (Lipinski definition) is 6. The number of amides is 5. The lowest BCUT2D eigenvalue weighted by molar-refractivity contribution is -0.141. The van der Waals surface area contributed by atoms with Crippen LogP contribution in [0.4, 0.5) is 4.79 Å². The Kier molecular flexibility index (Phi) is 7.59. The van der Waals surface area contributed by atoms with Gasteiger partial charge in [-0.05, 0) is 55.7 Å². The van der Waals surface area contributed by atoms with Crippen LogP contribution in [0, 0.1) is 5.92 Å². The first-order valence-corrected chi connectivity index (χ1v) is 12.4. The van der Waals surface area contributed by atoms with Crippen molar-refractivity contribution < 1.29 is 23.9 Å². The highest BCUT2D eigenvalue weighted by Gasteiger charge is 2.52. The maximum atomic E-state index is 12.9. The van der Waals surface area contributed by atoms with Crippen LogP contribution < -0.4 is 15.5 Å². The second-order valence-electron chi connectivity index (χ2n) is 9.88. The van der Waals surface area contributed by atoms with Crippen LogP contribution in [0.5, 0.6) is 5.75 Å². The Hall–Kier alpha value is -3.14. The molecule has 0 unspecified atom stereocenters. The normalized spacial score (nSPS) is 25.0. The highest BCUT2D eigenvalue weighted by Crippen LogP contribution is 2.35. The second kappa shape index (κ2) is 10.6. The van der Waals surface area contributed by atoms with Crippen molar-refractivity contribution in [1.82, 2.24) is 25.6 Å². The van der Waals surface area contributed by atoms with Crippen LogP contribution in [0.2, 0.25) is 0 Å². The van der Waals surface area contributed by atoms with Gasteiger partial charge < -0.3 is 15.0 Å². The van der Waals surface area contributed by atoms with Crippen LogP contribution >= 0.6 is 0 Å². The number of urea groups is 1. The van der Waals surface area contributed by atoms with Crippen molar-refractivity contribution in [1.29, 1.82) is 0 Å². The molecule has 4 rings (SSSR count). The van der Waals surface area contributed by atoms with E-state index >= 15 is 0 Å². The fourth-order valence-corrected chi connectivity index (χ4v) is 5.04. The minimum atomic E-state index is -0.880. The standard InChI is InChI=1S/C25H35N5O5/c1-18-9-11-25(12-10-18)23(33)30(24(34)26-25)27-21(31)17-28-13-15-29(16-14-28)22(32)8-5-19-3-6-20(35-2)7-4-19/h3-4,6-7,18H,5,8-17H2,1-2H3,(H,26,34)(H,27,31). The Balaban J connectivity index is 1.19. The molecule has 0 radical (unpaired) electrons. The first-order valence-electron chi connectivity index (χ1n) is 12.4. The predicted molar refractivity (Wildman–Crippen MR) is 128 cm³/mol. The van der Waals surface area contributed by atoms with Crippen molar-refractivity contribution in [2.24, 2.45) is 5.92 Å². The van der Waals surface area contributed by atoms with E-state index in [0.29, 0.717) is 57.8 Å². The Morgan fingerprint density at radius 2 is 1.74 bits per heavy atom. The lowest BCUT2D eigenvalue weighted by Gasteiger charge is -2.35. The molecule has 1 aromatic carbocycles. The number of benzene rings is 1. The zero-order valence-electron chi connectivity index (χ0n) is 20.5. The van der Waals surface area contributed by atoms with Crippen molar-refractivity contribution in [3.8, 4) is 5.75 Å². The monoisotopic (exact) mass is 485 g/mol. The minimum Gasteiger partial charge on any atom is -0.497 e. The third-order valence-corrected chi connectivity index (χ3v) is 7.40. The molecule has 1 saturated carbocycles. The minimum absolute atomic E-state index is 0.0645. The van der Waals surface area contributed by atoms with Gasteiger partial charge in [0.1, 0.15) is 11.3 Å². The van der Waals surface area contributed by atoms with Crippen LogP contribution in [0.25, 0.3) is 0 Å². The molecule has 1 aromatic rings. The molecule has 2 saturated heterocycles. The third-order valence-electron chi connectivity index (χ3n) is 7.40. The number of imide groups is 1. The van der Waals surface area contributed by atoms with Gasteiger partial charge in [-0.2, -0.15) is 5.01 Å². The van der Waals surface area contributed by atoms with Crippen molar-refractivity contribution >= 4 is 23.8 Å². The van der Waals surface area contributed by atoms with Crippen LogP contribution in [-0.2, 0) is 20.8 Å². The Labute approximate surface area is 205 Å². The van der Waals surface area contributed by atoms with Crippen molar-refractivity contribution in [2.45, 2.75) is 51.0 Å². The number of nitrogens with one attached hydrogen (secondary N) is 2. The maximum Gasteiger partial charge on any atom is 0.344 e. The van der Waals surface area contributed by atoms with E-state index in [1.54, 1.807) is 7.11 Å². The Morgan fingerprint density at radius 3 is 2.37 bits per heavy atom. The van der Waals surface area contributed by atoms with Gasteiger partial charge in [0, 0.05) is 32.6 Å². The molecule has 0 bridgehead atoms. The molecule has 5 amide bonds. The number of hydrazine groups is 1. The summed E-state index contributed by atoms with van der Waals surface area (Å²) in [6.45, 7) is 4.41. The highest BCUT2D eigenvalue weighted by molar-refractivity contribution is 6.08. The quantitative estimate of drug-likeness (QED) is 0.564. The van der Waals surface area contributed by atoms with E-state index in [0.717, 1.165) is 29.2 Å². The number of ether oxygens (including phenoxy) is 1. The number of hydrogen-bond donors (Lipinski definition) is 2. The van der Waals surface area contributed by atoms with Crippen molar-refractivity contribution in [3.63, 3.8) is 0 Å². The largest absolute Gasteiger partial charge is 0.497 e. The molecule has 1 spiro atoms. The molecule has 3 fully saturated rings.